The number of nitrogens with two attached hydrogens (primary N) is 1. The van der Waals surface area contributed by atoms with E-state index in [2.05, 4.69) is 25.3 Å². The summed E-state index contributed by atoms with van der Waals surface area (Å²) in [6.07, 6.45) is 2.29. The third-order valence-corrected chi connectivity index (χ3v) is 5.82. The van der Waals surface area contributed by atoms with Crippen molar-refractivity contribution in [2.24, 2.45) is 11.7 Å². The van der Waals surface area contributed by atoms with Crippen LogP contribution in [0.1, 0.15) is 43.6 Å². The van der Waals surface area contributed by atoms with E-state index in [1.54, 1.807) is 23.3 Å². The fourth-order valence-corrected chi connectivity index (χ4v) is 3.71. The molecule has 0 fully saturated rings. The van der Waals surface area contributed by atoms with Crippen molar-refractivity contribution >= 4 is 23.2 Å². The molecule has 0 spiro atoms. The normalized spacial score (nSPS) is 15.3. The van der Waals surface area contributed by atoms with Gasteiger partial charge in [-0.25, -0.2) is 0 Å². The lowest BCUT2D eigenvalue weighted by atomic mass is 10.0. The van der Waals surface area contributed by atoms with Gasteiger partial charge in [-0.1, -0.05) is 13.8 Å². The van der Waals surface area contributed by atoms with E-state index in [0.717, 1.165) is 19.4 Å². The first-order valence-corrected chi connectivity index (χ1v) is 9.59. The van der Waals surface area contributed by atoms with E-state index < -0.39 is 0 Å². The van der Waals surface area contributed by atoms with Gasteiger partial charge in [-0.2, -0.15) is 0 Å². The van der Waals surface area contributed by atoms with Crippen molar-refractivity contribution < 1.29 is 9.59 Å². The maximum absolute atomic E-state index is 12.4. The van der Waals surface area contributed by atoms with Crippen molar-refractivity contribution in [1.82, 2.24) is 9.80 Å². The van der Waals surface area contributed by atoms with E-state index in [1.807, 2.05) is 4.90 Å². The number of rotatable bonds is 7. The second kappa shape index (κ2) is 8.62. The summed E-state index contributed by atoms with van der Waals surface area (Å²) in [5.41, 5.74) is 7.27. The number of carbonyl (C=O) groups excluding carboxylic acids is 2. The number of thiophene rings is 1. The summed E-state index contributed by atoms with van der Waals surface area (Å²) >= 11 is 1.76. The Balaban J connectivity index is 1.72. The number of hydrogen-bond acceptors (Lipinski definition) is 4. The van der Waals surface area contributed by atoms with Gasteiger partial charge in [-0.3, -0.25) is 9.59 Å². The van der Waals surface area contributed by atoms with Gasteiger partial charge in [0.15, 0.2) is 0 Å². The molecule has 0 saturated heterocycles. The highest BCUT2D eigenvalue weighted by Crippen LogP contribution is 2.24. The SMILES string of the molecule is CC(C)C(N)CCN(C)C(=O)CCC(=O)N1CCc2sccc2C1. The van der Waals surface area contributed by atoms with Crippen LogP contribution in [0.15, 0.2) is 11.4 Å². The van der Waals surface area contributed by atoms with Crippen LogP contribution in [-0.2, 0) is 22.6 Å². The van der Waals surface area contributed by atoms with Crippen molar-refractivity contribution in [2.75, 3.05) is 20.1 Å². The predicted octanol–water partition coefficient (Wildman–Crippen LogP) is 2.24. The molecule has 2 heterocycles. The Hall–Kier alpha value is -1.40. The highest BCUT2D eigenvalue weighted by molar-refractivity contribution is 7.10. The second-order valence-electron chi connectivity index (χ2n) is 6.95. The zero-order valence-electron chi connectivity index (χ0n) is 15.0. The fraction of sp³-hybridized carbons (Fsp3) is 0.667. The predicted molar refractivity (Wildman–Crippen MR) is 97.7 cm³/mol. The molecule has 2 amide bonds. The second-order valence-corrected chi connectivity index (χ2v) is 7.95. The quantitative estimate of drug-likeness (QED) is 0.819. The van der Waals surface area contributed by atoms with Crippen LogP contribution in [0.3, 0.4) is 0 Å². The molecule has 0 saturated carbocycles. The Morgan fingerprint density at radius 3 is 2.83 bits per heavy atom. The maximum atomic E-state index is 12.4. The number of fused-ring (bicyclic) bond motifs is 1. The summed E-state index contributed by atoms with van der Waals surface area (Å²) in [7, 11) is 1.79. The molecule has 1 aliphatic heterocycles. The summed E-state index contributed by atoms with van der Waals surface area (Å²) < 4.78 is 0. The van der Waals surface area contributed by atoms with Crippen LogP contribution in [0.25, 0.3) is 0 Å². The molecule has 0 radical (unpaired) electrons. The zero-order valence-corrected chi connectivity index (χ0v) is 15.8. The molecule has 6 heteroatoms. The maximum Gasteiger partial charge on any atom is 0.223 e. The summed E-state index contributed by atoms with van der Waals surface area (Å²) in [6.45, 7) is 6.27. The first-order chi connectivity index (χ1) is 11.4. The fourth-order valence-electron chi connectivity index (χ4n) is 2.82. The Morgan fingerprint density at radius 2 is 2.12 bits per heavy atom. The van der Waals surface area contributed by atoms with Gasteiger partial charge in [0.2, 0.25) is 11.8 Å². The van der Waals surface area contributed by atoms with E-state index in [-0.39, 0.29) is 24.3 Å². The van der Waals surface area contributed by atoms with Crippen molar-refractivity contribution in [1.29, 1.82) is 0 Å². The van der Waals surface area contributed by atoms with Gasteiger partial charge in [-0.15, -0.1) is 11.3 Å². The van der Waals surface area contributed by atoms with Gasteiger partial charge >= 0.3 is 0 Å². The zero-order chi connectivity index (χ0) is 17.7. The van der Waals surface area contributed by atoms with Crippen molar-refractivity contribution in [2.45, 2.75) is 52.1 Å². The van der Waals surface area contributed by atoms with E-state index in [0.29, 0.717) is 25.4 Å². The minimum absolute atomic E-state index is 0.0209. The third-order valence-electron chi connectivity index (χ3n) is 4.79. The van der Waals surface area contributed by atoms with Gasteiger partial charge in [0.05, 0.1) is 0 Å². The Morgan fingerprint density at radius 1 is 1.38 bits per heavy atom. The lowest BCUT2D eigenvalue weighted by Gasteiger charge is -2.27. The standard InChI is InChI=1S/C18H29N3O2S/c1-13(2)15(19)6-9-20(3)17(22)4-5-18(23)21-10-7-16-14(12-21)8-11-24-16/h8,11,13,15H,4-7,9-10,12,19H2,1-3H3. The Kier molecular flexibility index (Phi) is 6.80. The molecule has 5 nitrogen and oxygen atoms in total. The van der Waals surface area contributed by atoms with Crippen LogP contribution >= 0.6 is 11.3 Å². The molecule has 134 valence electrons. The minimum atomic E-state index is 0.0209. The van der Waals surface area contributed by atoms with Gasteiger partial charge < -0.3 is 15.5 Å². The summed E-state index contributed by atoms with van der Waals surface area (Å²) in [4.78, 5) is 29.5. The number of nitrogens with zero attached hydrogens (tertiary/aromatic N) is 2. The van der Waals surface area contributed by atoms with Gasteiger partial charge in [0, 0.05) is 50.4 Å². The average Bonchev–Trinajstić information content (AvgIpc) is 3.04. The number of carbonyl (C=O) groups is 2. The first kappa shape index (κ1) is 18.9. The molecule has 2 rings (SSSR count). The average molecular weight is 352 g/mol. The minimum Gasteiger partial charge on any atom is -0.346 e. The van der Waals surface area contributed by atoms with Crippen LogP contribution in [0.4, 0.5) is 0 Å². The Bertz CT molecular complexity index is 570. The monoisotopic (exact) mass is 351 g/mol. The van der Waals surface area contributed by atoms with Crippen LogP contribution in [-0.4, -0.2) is 47.8 Å². The van der Waals surface area contributed by atoms with E-state index in [1.165, 1.54) is 10.4 Å². The topological polar surface area (TPSA) is 66.6 Å². The summed E-state index contributed by atoms with van der Waals surface area (Å²) in [5, 5.41) is 2.08. The van der Waals surface area contributed by atoms with Crippen LogP contribution in [0, 0.1) is 5.92 Å². The van der Waals surface area contributed by atoms with Crippen molar-refractivity contribution in [3.8, 4) is 0 Å². The molecule has 2 N–H and O–H groups in total. The van der Waals surface area contributed by atoms with Gasteiger partial charge in [0.25, 0.3) is 0 Å². The summed E-state index contributed by atoms with van der Waals surface area (Å²) in [5.74, 6) is 0.510. The van der Waals surface area contributed by atoms with E-state index in [4.69, 9.17) is 5.73 Å². The Labute approximate surface area is 148 Å². The largest absolute Gasteiger partial charge is 0.346 e. The first-order valence-electron chi connectivity index (χ1n) is 8.71. The van der Waals surface area contributed by atoms with Crippen LogP contribution < -0.4 is 5.73 Å². The highest BCUT2D eigenvalue weighted by Gasteiger charge is 2.22. The summed E-state index contributed by atoms with van der Waals surface area (Å²) in [6, 6.07) is 2.20. The molecular formula is C18H29N3O2S. The molecule has 1 unspecified atom stereocenters. The van der Waals surface area contributed by atoms with Crippen LogP contribution in [0.5, 0.6) is 0 Å². The third kappa shape index (κ3) is 5.05. The number of amides is 2. The molecule has 0 aliphatic carbocycles. The lowest BCUT2D eigenvalue weighted by Crippen LogP contribution is -2.37. The molecule has 1 atom stereocenters. The molecule has 1 aliphatic rings. The lowest BCUT2D eigenvalue weighted by molar-refractivity contribution is -0.137. The highest BCUT2D eigenvalue weighted by atomic mass is 32.1. The van der Waals surface area contributed by atoms with Crippen molar-refractivity contribution in [3.63, 3.8) is 0 Å². The molecular weight excluding hydrogens is 322 g/mol. The van der Waals surface area contributed by atoms with Crippen molar-refractivity contribution in [3.05, 3.63) is 21.9 Å². The molecule has 0 aromatic carbocycles. The smallest absolute Gasteiger partial charge is 0.223 e. The molecule has 1 aromatic rings. The molecule has 1 aromatic heterocycles. The van der Waals surface area contributed by atoms with E-state index >= 15 is 0 Å². The van der Waals surface area contributed by atoms with Crippen LogP contribution in [0.2, 0.25) is 0 Å². The molecule has 24 heavy (non-hydrogen) atoms. The van der Waals surface area contributed by atoms with E-state index in [9.17, 15) is 9.59 Å². The number of hydrogen-bond donors (Lipinski definition) is 1. The van der Waals surface area contributed by atoms with Gasteiger partial charge in [0.1, 0.15) is 0 Å². The van der Waals surface area contributed by atoms with Gasteiger partial charge in [-0.05, 0) is 35.8 Å². The molecule has 0 bridgehead atoms.